The Morgan fingerprint density at radius 1 is 1.54 bits per heavy atom. The zero-order chi connectivity index (χ0) is 9.68. The van der Waals surface area contributed by atoms with Gasteiger partial charge in [0.1, 0.15) is 12.4 Å². The summed E-state index contributed by atoms with van der Waals surface area (Å²) in [6.45, 7) is 0.672. The molecule has 1 aromatic rings. The third kappa shape index (κ3) is 4.05. The maximum atomic E-state index is 6.95. The molecular formula is C9H11BrN2O. The van der Waals surface area contributed by atoms with Crippen molar-refractivity contribution in [3.63, 3.8) is 0 Å². The smallest absolute Gasteiger partial charge is 0.117 e. The number of benzene rings is 1. The first-order chi connectivity index (χ1) is 6.18. The van der Waals surface area contributed by atoms with Crippen LogP contribution in [0.1, 0.15) is 5.56 Å². The molecule has 0 aliphatic rings. The molecule has 70 valence electrons. The van der Waals surface area contributed by atoms with Gasteiger partial charge in [-0.3, -0.25) is 5.41 Å². The van der Waals surface area contributed by atoms with Crippen molar-refractivity contribution in [3.05, 3.63) is 34.3 Å². The van der Waals surface area contributed by atoms with Crippen LogP contribution >= 0.6 is 15.9 Å². The first-order valence-electron chi connectivity index (χ1n) is 3.83. The standard InChI is InChI=1S/C9H11BrN2O/c10-8-3-1-2-7(4-8)5-13-6-9(11)12/h1-4H,5-6H2,(H3,11,12). The molecule has 13 heavy (non-hydrogen) atoms. The summed E-state index contributed by atoms with van der Waals surface area (Å²) < 4.78 is 6.19. The molecule has 3 N–H and O–H groups in total. The molecule has 0 amide bonds. The van der Waals surface area contributed by atoms with E-state index >= 15 is 0 Å². The highest BCUT2D eigenvalue weighted by Crippen LogP contribution is 2.12. The molecule has 0 fully saturated rings. The quantitative estimate of drug-likeness (QED) is 0.626. The Hall–Kier alpha value is -0.870. The number of amidine groups is 1. The number of hydrogen-bond acceptors (Lipinski definition) is 2. The van der Waals surface area contributed by atoms with Gasteiger partial charge in [0, 0.05) is 4.47 Å². The lowest BCUT2D eigenvalue weighted by Gasteiger charge is -2.02. The van der Waals surface area contributed by atoms with Crippen LogP contribution in [0.5, 0.6) is 0 Å². The Bertz CT molecular complexity index is 301. The molecule has 0 saturated heterocycles. The summed E-state index contributed by atoms with van der Waals surface area (Å²) in [4.78, 5) is 0. The van der Waals surface area contributed by atoms with Crippen molar-refractivity contribution < 1.29 is 4.74 Å². The Labute approximate surface area is 85.5 Å². The fourth-order valence-electron chi connectivity index (χ4n) is 0.906. The molecule has 1 aromatic carbocycles. The first-order valence-corrected chi connectivity index (χ1v) is 4.63. The lowest BCUT2D eigenvalue weighted by atomic mass is 10.2. The predicted molar refractivity (Wildman–Crippen MR) is 55.7 cm³/mol. The Balaban J connectivity index is 2.41. The summed E-state index contributed by atoms with van der Waals surface area (Å²) in [5.41, 5.74) is 6.20. The van der Waals surface area contributed by atoms with Gasteiger partial charge < -0.3 is 10.5 Å². The van der Waals surface area contributed by atoms with Gasteiger partial charge in [0.2, 0.25) is 0 Å². The summed E-state index contributed by atoms with van der Waals surface area (Å²) in [6.07, 6.45) is 0. The second-order valence-corrected chi connectivity index (χ2v) is 3.56. The topological polar surface area (TPSA) is 59.1 Å². The Morgan fingerprint density at radius 2 is 2.31 bits per heavy atom. The van der Waals surface area contributed by atoms with Gasteiger partial charge in [-0.15, -0.1) is 0 Å². The van der Waals surface area contributed by atoms with Crippen LogP contribution < -0.4 is 5.73 Å². The van der Waals surface area contributed by atoms with E-state index in [1.54, 1.807) is 0 Å². The summed E-state index contributed by atoms with van der Waals surface area (Å²) in [5.74, 6) is 0.0509. The van der Waals surface area contributed by atoms with Crippen LogP contribution in [-0.2, 0) is 11.3 Å². The van der Waals surface area contributed by atoms with Crippen molar-refractivity contribution >= 4 is 21.8 Å². The molecule has 0 spiro atoms. The number of halogens is 1. The maximum Gasteiger partial charge on any atom is 0.117 e. The lowest BCUT2D eigenvalue weighted by molar-refractivity contribution is 0.157. The van der Waals surface area contributed by atoms with Crippen molar-refractivity contribution in [2.24, 2.45) is 5.73 Å². The Kier molecular flexibility index (Phi) is 3.92. The summed E-state index contributed by atoms with van der Waals surface area (Å²) in [7, 11) is 0. The molecule has 4 heteroatoms. The highest BCUT2D eigenvalue weighted by Gasteiger charge is 1.94. The molecule has 0 aliphatic heterocycles. The average Bonchev–Trinajstić information content (AvgIpc) is 2.03. The minimum Gasteiger partial charge on any atom is -0.386 e. The van der Waals surface area contributed by atoms with Crippen LogP contribution in [0.15, 0.2) is 28.7 Å². The number of ether oxygens (including phenoxy) is 1. The zero-order valence-corrected chi connectivity index (χ0v) is 8.67. The van der Waals surface area contributed by atoms with E-state index in [9.17, 15) is 0 Å². The third-order valence-corrected chi connectivity index (χ3v) is 1.91. The highest BCUT2D eigenvalue weighted by molar-refractivity contribution is 9.10. The van der Waals surface area contributed by atoms with Gasteiger partial charge >= 0.3 is 0 Å². The van der Waals surface area contributed by atoms with Gasteiger partial charge in [-0.05, 0) is 17.7 Å². The van der Waals surface area contributed by atoms with E-state index in [1.165, 1.54) is 0 Å². The first kappa shape index (κ1) is 10.2. The Morgan fingerprint density at radius 3 is 2.92 bits per heavy atom. The van der Waals surface area contributed by atoms with Crippen molar-refractivity contribution in [2.45, 2.75) is 6.61 Å². The van der Waals surface area contributed by atoms with Crippen LogP contribution in [0, 0.1) is 5.41 Å². The lowest BCUT2D eigenvalue weighted by Crippen LogP contribution is -2.16. The summed E-state index contributed by atoms with van der Waals surface area (Å²) in [6, 6.07) is 7.83. The number of rotatable bonds is 4. The van der Waals surface area contributed by atoms with Gasteiger partial charge in [-0.1, -0.05) is 28.1 Å². The summed E-state index contributed by atoms with van der Waals surface area (Å²) in [5, 5.41) is 6.95. The van der Waals surface area contributed by atoms with E-state index in [2.05, 4.69) is 15.9 Å². The molecule has 0 aliphatic carbocycles. The molecule has 0 aromatic heterocycles. The molecule has 3 nitrogen and oxygen atoms in total. The van der Waals surface area contributed by atoms with Gasteiger partial charge in [0.25, 0.3) is 0 Å². The fraction of sp³-hybridized carbons (Fsp3) is 0.222. The van der Waals surface area contributed by atoms with Crippen LogP contribution in [0.2, 0.25) is 0 Å². The van der Waals surface area contributed by atoms with Crippen LogP contribution in [0.25, 0.3) is 0 Å². The van der Waals surface area contributed by atoms with E-state index in [1.807, 2.05) is 24.3 Å². The molecule has 0 unspecified atom stereocenters. The van der Waals surface area contributed by atoms with Crippen molar-refractivity contribution in [1.29, 1.82) is 5.41 Å². The molecule has 0 radical (unpaired) electrons. The number of nitrogens with two attached hydrogens (primary N) is 1. The number of nitrogens with one attached hydrogen (secondary N) is 1. The third-order valence-electron chi connectivity index (χ3n) is 1.42. The second-order valence-electron chi connectivity index (χ2n) is 2.65. The van der Waals surface area contributed by atoms with Crippen LogP contribution in [-0.4, -0.2) is 12.4 Å². The van der Waals surface area contributed by atoms with Gasteiger partial charge in [0.05, 0.1) is 6.61 Å². The van der Waals surface area contributed by atoms with Crippen LogP contribution in [0.4, 0.5) is 0 Å². The van der Waals surface area contributed by atoms with E-state index in [-0.39, 0.29) is 12.4 Å². The van der Waals surface area contributed by atoms with Gasteiger partial charge in [0.15, 0.2) is 0 Å². The second kappa shape index (κ2) is 4.99. The van der Waals surface area contributed by atoms with Crippen molar-refractivity contribution in [1.82, 2.24) is 0 Å². The van der Waals surface area contributed by atoms with Crippen molar-refractivity contribution in [3.8, 4) is 0 Å². The van der Waals surface area contributed by atoms with Crippen molar-refractivity contribution in [2.75, 3.05) is 6.61 Å². The van der Waals surface area contributed by atoms with E-state index in [0.717, 1.165) is 10.0 Å². The molecule has 0 atom stereocenters. The van der Waals surface area contributed by atoms with E-state index in [0.29, 0.717) is 6.61 Å². The van der Waals surface area contributed by atoms with Crippen LogP contribution in [0.3, 0.4) is 0 Å². The SMILES string of the molecule is N=C(N)COCc1cccc(Br)c1. The van der Waals surface area contributed by atoms with Gasteiger partial charge in [-0.25, -0.2) is 0 Å². The normalized spacial score (nSPS) is 9.92. The minimum absolute atomic E-state index is 0.0509. The fourth-order valence-corrected chi connectivity index (χ4v) is 1.35. The number of hydrogen-bond donors (Lipinski definition) is 2. The highest BCUT2D eigenvalue weighted by atomic mass is 79.9. The monoisotopic (exact) mass is 242 g/mol. The maximum absolute atomic E-state index is 6.95. The molecule has 0 saturated carbocycles. The zero-order valence-electron chi connectivity index (χ0n) is 7.09. The molecule has 0 bridgehead atoms. The average molecular weight is 243 g/mol. The summed E-state index contributed by atoms with van der Waals surface area (Å²) >= 11 is 3.36. The largest absolute Gasteiger partial charge is 0.386 e. The predicted octanol–water partition coefficient (Wildman–Crippen LogP) is 1.90. The minimum atomic E-state index is 0.0509. The molecule has 1 rings (SSSR count). The molecular weight excluding hydrogens is 232 g/mol. The van der Waals surface area contributed by atoms with E-state index < -0.39 is 0 Å². The molecule has 0 heterocycles. The van der Waals surface area contributed by atoms with Gasteiger partial charge in [-0.2, -0.15) is 0 Å². The van der Waals surface area contributed by atoms with E-state index in [4.69, 9.17) is 15.9 Å².